The summed E-state index contributed by atoms with van der Waals surface area (Å²) in [6.45, 7) is 3.35. The lowest BCUT2D eigenvalue weighted by atomic mass is 10.1. The van der Waals surface area contributed by atoms with Crippen LogP contribution < -0.4 is 15.4 Å². The molecule has 0 radical (unpaired) electrons. The Morgan fingerprint density at radius 3 is 2.55 bits per heavy atom. The number of hydrogen-bond donors (Lipinski definition) is 2. The van der Waals surface area contributed by atoms with Crippen LogP contribution in [0, 0.1) is 0 Å². The lowest BCUT2D eigenvalue weighted by molar-refractivity contribution is 0.357. The van der Waals surface area contributed by atoms with Crippen molar-refractivity contribution in [2.45, 2.75) is 37.1 Å². The van der Waals surface area contributed by atoms with Crippen LogP contribution in [0.1, 0.15) is 29.5 Å². The first-order valence-corrected chi connectivity index (χ1v) is 12.3. The van der Waals surface area contributed by atoms with Crippen LogP contribution in [0.3, 0.4) is 0 Å². The molecule has 2 N–H and O–H groups in total. The summed E-state index contributed by atoms with van der Waals surface area (Å²) in [6.07, 6.45) is 3.76. The number of aliphatic imine (C=N–C) groups is 1. The third-order valence-corrected chi connectivity index (χ3v) is 7.68. The molecule has 0 unspecified atom stereocenters. The number of hydrogen-bond acceptors (Lipinski definition) is 4. The van der Waals surface area contributed by atoms with E-state index in [1.54, 1.807) is 23.5 Å². The van der Waals surface area contributed by atoms with Crippen LogP contribution in [0.4, 0.5) is 0 Å². The number of rotatable bonds is 7. The highest BCUT2D eigenvalue weighted by Crippen LogP contribution is 2.26. The molecule has 2 aromatic rings. The molecule has 0 aliphatic carbocycles. The van der Waals surface area contributed by atoms with E-state index in [1.165, 1.54) is 11.1 Å². The predicted octanol–water partition coefficient (Wildman–Crippen LogP) is 2.31. The molecule has 0 atom stereocenters. The Bertz CT molecular complexity index is 1030. The summed E-state index contributed by atoms with van der Waals surface area (Å²) >= 11 is 0. The highest BCUT2D eigenvalue weighted by molar-refractivity contribution is 7.89. The van der Waals surface area contributed by atoms with Crippen molar-refractivity contribution in [1.82, 2.24) is 14.9 Å². The molecule has 2 aliphatic heterocycles. The lowest BCUT2D eigenvalue weighted by Gasteiger charge is -2.16. The fourth-order valence-electron chi connectivity index (χ4n) is 3.98. The van der Waals surface area contributed by atoms with Crippen molar-refractivity contribution in [3.05, 3.63) is 59.2 Å². The van der Waals surface area contributed by atoms with Crippen molar-refractivity contribution >= 4 is 16.0 Å². The summed E-state index contributed by atoms with van der Waals surface area (Å²) in [7, 11) is -1.62. The summed E-state index contributed by atoms with van der Waals surface area (Å²) in [5, 5.41) is 6.62. The van der Waals surface area contributed by atoms with E-state index >= 15 is 0 Å². The molecule has 0 saturated carbocycles. The number of guanidine groups is 1. The molecule has 31 heavy (non-hydrogen) atoms. The van der Waals surface area contributed by atoms with Crippen molar-refractivity contribution in [1.29, 1.82) is 0 Å². The van der Waals surface area contributed by atoms with Crippen LogP contribution >= 0.6 is 0 Å². The van der Waals surface area contributed by atoms with Crippen molar-refractivity contribution in [3.63, 3.8) is 0 Å². The van der Waals surface area contributed by atoms with Gasteiger partial charge < -0.3 is 15.4 Å². The number of fused-ring (bicyclic) bond motifs is 1. The van der Waals surface area contributed by atoms with Gasteiger partial charge in [0.1, 0.15) is 5.75 Å². The Balaban J connectivity index is 1.25. The van der Waals surface area contributed by atoms with Crippen molar-refractivity contribution in [3.8, 4) is 5.75 Å². The Morgan fingerprint density at radius 2 is 1.81 bits per heavy atom. The molecular weight excluding hydrogens is 412 g/mol. The average Bonchev–Trinajstić information content (AvgIpc) is 3.48. The van der Waals surface area contributed by atoms with Gasteiger partial charge in [-0.05, 0) is 54.2 Å². The molecule has 0 amide bonds. The first-order chi connectivity index (χ1) is 15.1. The zero-order valence-corrected chi connectivity index (χ0v) is 18.7. The van der Waals surface area contributed by atoms with Crippen molar-refractivity contribution in [2.75, 3.05) is 33.3 Å². The van der Waals surface area contributed by atoms with Gasteiger partial charge in [-0.1, -0.05) is 24.3 Å². The van der Waals surface area contributed by atoms with Gasteiger partial charge in [-0.15, -0.1) is 0 Å². The molecule has 0 bridgehead atoms. The van der Waals surface area contributed by atoms with E-state index < -0.39 is 10.0 Å². The van der Waals surface area contributed by atoms with Crippen molar-refractivity contribution in [2.24, 2.45) is 4.99 Å². The van der Waals surface area contributed by atoms with Crippen LogP contribution in [-0.2, 0) is 29.4 Å². The highest BCUT2D eigenvalue weighted by Gasteiger charge is 2.26. The normalized spacial score (nSPS) is 16.7. The van der Waals surface area contributed by atoms with E-state index in [2.05, 4.69) is 33.8 Å². The summed E-state index contributed by atoms with van der Waals surface area (Å²) in [5.41, 5.74) is 3.57. The van der Waals surface area contributed by atoms with Gasteiger partial charge in [-0.25, -0.2) is 8.42 Å². The fourth-order valence-corrected chi connectivity index (χ4v) is 5.50. The van der Waals surface area contributed by atoms with Gasteiger partial charge in [-0.3, -0.25) is 4.99 Å². The van der Waals surface area contributed by atoms with E-state index in [-0.39, 0.29) is 0 Å². The second-order valence-corrected chi connectivity index (χ2v) is 9.84. The minimum absolute atomic E-state index is 0.361. The molecule has 2 heterocycles. The van der Waals surface area contributed by atoms with Gasteiger partial charge in [0.15, 0.2) is 5.96 Å². The molecule has 8 heteroatoms. The minimum atomic E-state index is -3.36. The van der Waals surface area contributed by atoms with E-state index in [9.17, 15) is 8.42 Å². The Labute approximate surface area is 184 Å². The lowest BCUT2D eigenvalue weighted by Crippen LogP contribution is -2.37. The molecule has 0 aromatic heterocycles. The zero-order chi connectivity index (χ0) is 21.7. The molecular formula is C23H30N4O3S. The van der Waals surface area contributed by atoms with Gasteiger partial charge in [-0.2, -0.15) is 4.31 Å². The summed E-state index contributed by atoms with van der Waals surface area (Å²) in [6, 6.07) is 13.5. The quantitative estimate of drug-likeness (QED) is 0.508. The minimum Gasteiger partial charge on any atom is -0.493 e. The zero-order valence-electron chi connectivity index (χ0n) is 17.9. The topological polar surface area (TPSA) is 83.0 Å². The maximum absolute atomic E-state index is 12.6. The second-order valence-electron chi connectivity index (χ2n) is 7.90. The number of ether oxygens (including phenoxy) is 1. The fraction of sp³-hybridized carbons (Fsp3) is 0.435. The number of nitrogens with one attached hydrogen (secondary N) is 2. The van der Waals surface area contributed by atoms with E-state index in [4.69, 9.17) is 4.74 Å². The van der Waals surface area contributed by atoms with Gasteiger partial charge in [0.2, 0.25) is 10.0 Å². The van der Waals surface area contributed by atoms with Crippen LogP contribution in [0.25, 0.3) is 0 Å². The number of nitrogens with zero attached hydrogens (tertiary/aromatic N) is 2. The third kappa shape index (κ3) is 5.19. The first kappa shape index (κ1) is 21.6. The molecule has 4 rings (SSSR count). The van der Waals surface area contributed by atoms with Crippen LogP contribution in [0.2, 0.25) is 0 Å². The van der Waals surface area contributed by atoms with E-state index in [0.29, 0.717) is 24.5 Å². The Hall–Kier alpha value is -2.58. The maximum Gasteiger partial charge on any atom is 0.243 e. The summed E-state index contributed by atoms with van der Waals surface area (Å²) in [4.78, 5) is 4.63. The molecule has 1 saturated heterocycles. The van der Waals surface area contributed by atoms with Crippen LogP contribution in [-0.4, -0.2) is 52.0 Å². The summed E-state index contributed by atoms with van der Waals surface area (Å²) in [5.74, 6) is 1.73. The highest BCUT2D eigenvalue weighted by atomic mass is 32.2. The third-order valence-electron chi connectivity index (χ3n) is 5.77. The molecule has 166 valence electrons. The Kier molecular flexibility index (Phi) is 6.77. The molecule has 1 fully saturated rings. The smallest absolute Gasteiger partial charge is 0.243 e. The van der Waals surface area contributed by atoms with Gasteiger partial charge >= 0.3 is 0 Å². The van der Waals surface area contributed by atoms with Gasteiger partial charge in [0.05, 0.1) is 11.5 Å². The average molecular weight is 443 g/mol. The molecule has 2 aliphatic rings. The molecule has 0 spiro atoms. The van der Waals surface area contributed by atoms with Gasteiger partial charge in [0, 0.05) is 39.6 Å². The standard InChI is InChI=1S/C23H30N4O3S/c1-24-23(25-12-10-18-6-9-22-20(16-18)11-15-30-22)26-17-19-4-7-21(8-5-19)31(28,29)27-13-2-3-14-27/h4-9,16H,2-3,10-15,17H2,1H3,(H2,24,25,26). The van der Waals surface area contributed by atoms with Crippen LogP contribution in [0.5, 0.6) is 5.75 Å². The predicted molar refractivity (Wildman–Crippen MR) is 122 cm³/mol. The van der Waals surface area contributed by atoms with Crippen molar-refractivity contribution < 1.29 is 13.2 Å². The van der Waals surface area contributed by atoms with E-state index in [0.717, 1.165) is 56.1 Å². The first-order valence-electron chi connectivity index (χ1n) is 10.8. The second kappa shape index (κ2) is 9.70. The number of sulfonamides is 1. The summed E-state index contributed by atoms with van der Waals surface area (Å²) < 4.78 is 32.4. The maximum atomic E-state index is 12.6. The van der Waals surface area contributed by atoms with Crippen LogP contribution in [0.15, 0.2) is 52.4 Å². The SMILES string of the molecule is CN=C(NCCc1ccc2c(c1)CCO2)NCc1ccc(S(=O)(=O)N2CCCC2)cc1. The Morgan fingerprint density at radius 1 is 1.06 bits per heavy atom. The molecule has 2 aromatic carbocycles. The monoisotopic (exact) mass is 442 g/mol. The van der Waals surface area contributed by atoms with Gasteiger partial charge in [0.25, 0.3) is 0 Å². The number of benzene rings is 2. The van der Waals surface area contributed by atoms with E-state index in [1.807, 2.05) is 12.1 Å². The largest absolute Gasteiger partial charge is 0.493 e. The molecule has 7 nitrogen and oxygen atoms in total.